The van der Waals surface area contributed by atoms with Crippen LogP contribution in [0.5, 0.6) is 0 Å². The Labute approximate surface area is 158 Å². The number of carbonyl (C=O) groups excluding carboxylic acids is 3. The van der Waals surface area contributed by atoms with Crippen molar-refractivity contribution < 1.29 is 23.2 Å². The molecule has 1 aliphatic heterocycles. The number of thioether (sulfide) groups is 1. The fourth-order valence-electron chi connectivity index (χ4n) is 2.71. The highest BCUT2D eigenvalue weighted by Crippen LogP contribution is 2.31. The van der Waals surface area contributed by atoms with E-state index in [4.69, 9.17) is 0 Å². The number of hydrogen-bond acceptors (Lipinski definition) is 4. The molecule has 0 aromatic heterocycles. The minimum atomic E-state index is -2.58. The molecule has 0 atom stereocenters. The van der Waals surface area contributed by atoms with Crippen LogP contribution >= 0.6 is 11.8 Å². The van der Waals surface area contributed by atoms with Gasteiger partial charge in [-0.25, -0.2) is 0 Å². The molecule has 0 spiro atoms. The van der Waals surface area contributed by atoms with Crippen LogP contribution in [0.15, 0.2) is 53.4 Å². The molecule has 2 aromatic rings. The third kappa shape index (κ3) is 4.71. The fraction of sp³-hybridized carbons (Fsp3) is 0.211. The molecule has 27 heavy (non-hydrogen) atoms. The number of rotatable bonds is 6. The average Bonchev–Trinajstić information content (AvgIpc) is 2.95. The Hall–Kier alpha value is -2.74. The van der Waals surface area contributed by atoms with Gasteiger partial charge in [-0.15, -0.1) is 0 Å². The first-order valence-electron chi connectivity index (χ1n) is 8.21. The SMILES string of the molecule is O=C(Nc1ccccc1SC(F)F)c1ccc(CN2C(=O)CCC2=O)cc1. The first-order valence-corrected chi connectivity index (χ1v) is 9.09. The lowest BCUT2D eigenvalue weighted by atomic mass is 10.1. The molecule has 1 aliphatic rings. The maximum atomic E-state index is 12.6. The van der Waals surface area contributed by atoms with Crippen molar-refractivity contribution in [2.24, 2.45) is 0 Å². The van der Waals surface area contributed by atoms with Crippen LogP contribution in [-0.4, -0.2) is 28.4 Å². The lowest BCUT2D eigenvalue weighted by Gasteiger charge is -2.14. The number of amides is 3. The molecule has 3 rings (SSSR count). The monoisotopic (exact) mass is 390 g/mol. The van der Waals surface area contributed by atoms with Gasteiger partial charge in [-0.05, 0) is 29.8 Å². The second-order valence-corrected chi connectivity index (χ2v) is 6.93. The molecule has 0 aliphatic carbocycles. The minimum absolute atomic E-state index is 0.174. The number of para-hydroxylation sites is 1. The van der Waals surface area contributed by atoms with Gasteiger partial charge in [0, 0.05) is 23.3 Å². The van der Waals surface area contributed by atoms with E-state index in [2.05, 4.69) is 5.32 Å². The highest BCUT2D eigenvalue weighted by Gasteiger charge is 2.28. The molecule has 1 saturated heterocycles. The molecule has 1 heterocycles. The summed E-state index contributed by atoms with van der Waals surface area (Å²) in [6, 6.07) is 12.8. The summed E-state index contributed by atoms with van der Waals surface area (Å²) in [6.45, 7) is 0.174. The molecule has 1 N–H and O–H groups in total. The molecule has 3 amide bonds. The Morgan fingerprint density at radius 2 is 1.67 bits per heavy atom. The number of carbonyl (C=O) groups is 3. The van der Waals surface area contributed by atoms with Crippen LogP contribution in [0.3, 0.4) is 0 Å². The smallest absolute Gasteiger partial charge is 0.288 e. The Kier molecular flexibility index (Phi) is 5.85. The number of hydrogen-bond donors (Lipinski definition) is 1. The second-order valence-electron chi connectivity index (χ2n) is 5.90. The predicted molar refractivity (Wildman–Crippen MR) is 97.5 cm³/mol. The molecular formula is C19H16F2N2O3S. The maximum Gasteiger partial charge on any atom is 0.288 e. The van der Waals surface area contributed by atoms with Crippen LogP contribution in [-0.2, 0) is 16.1 Å². The van der Waals surface area contributed by atoms with Gasteiger partial charge in [-0.3, -0.25) is 19.3 Å². The van der Waals surface area contributed by atoms with Crippen molar-refractivity contribution in [2.45, 2.75) is 30.0 Å². The molecule has 5 nitrogen and oxygen atoms in total. The quantitative estimate of drug-likeness (QED) is 0.600. The van der Waals surface area contributed by atoms with E-state index < -0.39 is 11.7 Å². The summed E-state index contributed by atoms with van der Waals surface area (Å²) in [6.07, 6.45) is 0.463. The number of nitrogens with one attached hydrogen (secondary N) is 1. The van der Waals surface area contributed by atoms with E-state index in [0.717, 1.165) is 5.56 Å². The number of nitrogens with zero attached hydrogens (tertiary/aromatic N) is 1. The van der Waals surface area contributed by atoms with Gasteiger partial charge >= 0.3 is 0 Å². The summed E-state index contributed by atoms with van der Waals surface area (Å²) in [4.78, 5) is 37.2. The molecule has 1 fully saturated rings. The Bertz CT molecular complexity index is 856. The van der Waals surface area contributed by atoms with Gasteiger partial charge in [-0.2, -0.15) is 8.78 Å². The van der Waals surface area contributed by atoms with Crippen LogP contribution < -0.4 is 5.32 Å². The summed E-state index contributed by atoms with van der Waals surface area (Å²) in [7, 11) is 0. The Morgan fingerprint density at radius 3 is 2.30 bits per heavy atom. The van der Waals surface area contributed by atoms with Crippen molar-refractivity contribution in [2.75, 3.05) is 5.32 Å². The number of halogens is 2. The number of alkyl halides is 2. The van der Waals surface area contributed by atoms with Crippen molar-refractivity contribution in [1.29, 1.82) is 0 Å². The predicted octanol–water partition coefficient (Wildman–Crippen LogP) is 3.90. The van der Waals surface area contributed by atoms with E-state index in [9.17, 15) is 23.2 Å². The van der Waals surface area contributed by atoms with Gasteiger partial charge in [0.2, 0.25) is 11.8 Å². The van der Waals surface area contributed by atoms with E-state index in [1.807, 2.05) is 0 Å². The molecule has 140 valence electrons. The van der Waals surface area contributed by atoms with Crippen LogP contribution in [0.2, 0.25) is 0 Å². The van der Waals surface area contributed by atoms with Gasteiger partial charge in [0.25, 0.3) is 11.7 Å². The molecule has 2 aromatic carbocycles. The zero-order chi connectivity index (χ0) is 19.4. The summed E-state index contributed by atoms with van der Waals surface area (Å²) in [5.41, 5.74) is 1.38. The second kappa shape index (κ2) is 8.30. The number of imide groups is 1. The number of likely N-dealkylation sites (tertiary alicyclic amines) is 1. The zero-order valence-corrected chi connectivity index (χ0v) is 15.0. The van der Waals surface area contributed by atoms with E-state index >= 15 is 0 Å². The van der Waals surface area contributed by atoms with Crippen LogP contribution in [0.1, 0.15) is 28.8 Å². The van der Waals surface area contributed by atoms with Gasteiger partial charge in [0.05, 0.1) is 12.2 Å². The molecule has 0 bridgehead atoms. The molecule has 8 heteroatoms. The topological polar surface area (TPSA) is 66.5 Å². The lowest BCUT2D eigenvalue weighted by molar-refractivity contribution is -0.139. The third-order valence-electron chi connectivity index (χ3n) is 4.06. The highest BCUT2D eigenvalue weighted by molar-refractivity contribution is 7.99. The number of anilines is 1. The van der Waals surface area contributed by atoms with Crippen molar-refractivity contribution in [3.05, 3.63) is 59.7 Å². The molecule has 0 radical (unpaired) electrons. The molecular weight excluding hydrogens is 374 g/mol. The fourth-order valence-corrected chi connectivity index (χ4v) is 3.30. The largest absolute Gasteiger partial charge is 0.321 e. The lowest BCUT2D eigenvalue weighted by Crippen LogP contribution is -2.28. The number of benzene rings is 2. The van der Waals surface area contributed by atoms with Crippen LogP contribution in [0.25, 0.3) is 0 Å². The van der Waals surface area contributed by atoms with Crippen molar-refractivity contribution in [1.82, 2.24) is 4.90 Å². The molecule has 0 unspecified atom stereocenters. The average molecular weight is 390 g/mol. The van der Waals surface area contributed by atoms with Crippen molar-refractivity contribution in [3.63, 3.8) is 0 Å². The first-order chi connectivity index (χ1) is 12.9. The van der Waals surface area contributed by atoms with E-state index in [1.165, 1.54) is 11.0 Å². The summed E-state index contributed by atoms with van der Waals surface area (Å²) in [5, 5.41) is 2.63. The first kappa shape index (κ1) is 19.0. The van der Waals surface area contributed by atoms with Gasteiger partial charge in [0.1, 0.15) is 0 Å². The third-order valence-corrected chi connectivity index (χ3v) is 4.85. The molecule has 0 saturated carbocycles. The van der Waals surface area contributed by atoms with Crippen molar-refractivity contribution in [3.8, 4) is 0 Å². The summed E-state index contributed by atoms with van der Waals surface area (Å²) in [5.74, 6) is -3.42. The summed E-state index contributed by atoms with van der Waals surface area (Å²) >= 11 is 0.365. The van der Waals surface area contributed by atoms with Gasteiger partial charge in [0.15, 0.2) is 0 Å². The Morgan fingerprint density at radius 1 is 1.04 bits per heavy atom. The van der Waals surface area contributed by atoms with E-state index in [0.29, 0.717) is 23.0 Å². The van der Waals surface area contributed by atoms with Crippen LogP contribution in [0, 0.1) is 0 Å². The van der Waals surface area contributed by atoms with Gasteiger partial charge in [-0.1, -0.05) is 36.0 Å². The normalized spacial score (nSPS) is 14.1. The minimum Gasteiger partial charge on any atom is -0.321 e. The van der Waals surface area contributed by atoms with Crippen molar-refractivity contribution >= 4 is 35.2 Å². The van der Waals surface area contributed by atoms with Gasteiger partial charge < -0.3 is 5.32 Å². The van der Waals surface area contributed by atoms with E-state index in [1.54, 1.807) is 42.5 Å². The zero-order valence-electron chi connectivity index (χ0n) is 14.2. The Balaban J connectivity index is 1.68. The van der Waals surface area contributed by atoms with Crippen LogP contribution in [0.4, 0.5) is 14.5 Å². The standard InChI is InChI=1S/C19H16F2N2O3S/c20-19(21)27-15-4-2-1-3-14(15)22-18(26)13-7-5-12(6-8-13)11-23-16(24)9-10-17(23)25/h1-8,19H,9-11H2,(H,22,26). The highest BCUT2D eigenvalue weighted by atomic mass is 32.2. The summed E-state index contributed by atoms with van der Waals surface area (Å²) < 4.78 is 25.3. The van der Waals surface area contributed by atoms with E-state index in [-0.39, 0.29) is 36.1 Å². The maximum absolute atomic E-state index is 12.6.